The maximum absolute atomic E-state index is 14.2. The van der Waals surface area contributed by atoms with Gasteiger partial charge in [-0.1, -0.05) is 65.9 Å². The van der Waals surface area contributed by atoms with Gasteiger partial charge in [-0.05, 0) is 43.7 Å². The van der Waals surface area contributed by atoms with E-state index in [2.05, 4.69) is 0 Å². The SMILES string of the molecule is CCOC(=O)C1=C(c2ccccc2)N=c2sc(=Cc3cccc(OC)c3OCC)c(=O)n2[C@H]1c1cccc(OC)c1. The topological polar surface area (TPSA) is 88.4 Å². The van der Waals surface area contributed by atoms with Crippen molar-refractivity contribution in [3.63, 3.8) is 0 Å². The maximum Gasteiger partial charge on any atom is 0.338 e. The van der Waals surface area contributed by atoms with Gasteiger partial charge in [-0.2, -0.15) is 0 Å². The molecule has 4 aromatic rings. The number of esters is 1. The second kappa shape index (κ2) is 12.3. The molecule has 0 aliphatic carbocycles. The summed E-state index contributed by atoms with van der Waals surface area (Å²) < 4.78 is 24.4. The summed E-state index contributed by atoms with van der Waals surface area (Å²) in [6.45, 7) is 4.25. The van der Waals surface area contributed by atoms with Crippen LogP contribution in [0.15, 0.2) is 88.2 Å². The lowest BCUT2D eigenvalue weighted by Gasteiger charge is -2.26. The summed E-state index contributed by atoms with van der Waals surface area (Å²) >= 11 is 1.25. The Morgan fingerprint density at radius 3 is 2.46 bits per heavy atom. The van der Waals surface area contributed by atoms with Crippen LogP contribution in [0.4, 0.5) is 0 Å². The molecule has 1 aromatic heterocycles. The first kappa shape index (κ1) is 27.9. The fraction of sp³-hybridized carbons (Fsp3) is 0.219. The summed E-state index contributed by atoms with van der Waals surface area (Å²) in [5.41, 5.74) is 2.58. The minimum atomic E-state index is -0.797. The third-order valence-electron chi connectivity index (χ3n) is 6.59. The fourth-order valence-electron chi connectivity index (χ4n) is 4.81. The Labute approximate surface area is 241 Å². The number of rotatable bonds is 9. The van der Waals surface area contributed by atoms with Crippen LogP contribution >= 0.6 is 11.3 Å². The molecule has 9 heteroatoms. The predicted octanol–water partition coefficient (Wildman–Crippen LogP) is 4.35. The number of ether oxygens (including phenoxy) is 4. The molecule has 0 unspecified atom stereocenters. The first-order chi connectivity index (χ1) is 20.0. The number of thiazole rings is 1. The number of carbonyl (C=O) groups is 1. The monoisotopic (exact) mass is 570 g/mol. The number of methoxy groups -OCH3 is 2. The zero-order valence-electron chi connectivity index (χ0n) is 23.2. The third kappa shape index (κ3) is 5.40. The Kier molecular flexibility index (Phi) is 8.35. The van der Waals surface area contributed by atoms with Crippen LogP contribution in [0.25, 0.3) is 11.8 Å². The van der Waals surface area contributed by atoms with Gasteiger partial charge in [-0.25, -0.2) is 9.79 Å². The molecule has 41 heavy (non-hydrogen) atoms. The molecule has 0 saturated heterocycles. The number of hydrogen-bond acceptors (Lipinski definition) is 8. The molecule has 210 valence electrons. The van der Waals surface area contributed by atoms with Gasteiger partial charge in [0.15, 0.2) is 16.3 Å². The van der Waals surface area contributed by atoms with Gasteiger partial charge < -0.3 is 18.9 Å². The van der Waals surface area contributed by atoms with Crippen LogP contribution in [0.3, 0.4) is 0 Å². The van der Waals surface area contributed by atoms with Gasteiger partial charge in [0.1, 0.15) is 5.75 Å². The molecule has 0 amide bonds. The van der Waals surface area contributed by atoms with Gasteiger partial charge in [-0.3, -0.25) is 9.36 Å². The van der Waals surface area contributed by atoms with Gasteiger partial charge in [0.25, 0.3) is 5.56 Å². The molecule has 8 nitrogen and oxygen atoms in total. The molecule has 0 N–H and O–H groups in total. The highest BCUT2D eigenvalue weighted by atomic mass is 32.1. The lowest BCUT2D eigenvalue weighted by Crippen LogP contribution is -2.40. The highest BCUT2D eigenvalue weighted by molar-refractivity contribution is 7.07. The van der Waals surface area contributed by atoms with Crippen LogP contribution in [0.1, 0.15) is 36.6 Å². The lowest BCUT2D eigenvalue weighted by molar-refractivity contribution is -0.138. The van der Waals surface area contributed by atoms with E-state index in [4.69, 9.17) is 23.9 Å². The summed E-state index contributed by atoms with van der Waals surface area (Å²) in [4.78, 5) is 33.1. The van der Waals surface area contributed by atoms with Gasteiger partial charge >= 0.3 is 5.97 Å². The minimum absolute atomic E-state index is 0.176. The molecule has 1 atom stereocenters. The molecule has 1 aliphatic heterocycles. The van der Waals surface area contributed by atoms with Crippen molar-refractivity contribution in [3.05, 3.63) is 115 Å². The molecule has 0 saturated carbocycles. The summed E-state index contributed by atoms with van der Waals surface area (Å²) in [6, 6.07) is 21.5. The van der Waals surface area contributed by atoms with Crippen molar-refractivity contribution >= 4 is 29.1 Å². The third-order valence-corrected chi connectivity index (χ3v) is 7.57. The highest BCUT2D eigenvalue weighted by Gasteiger charge is 2.35. The van der Waals surface area contributed by atoms with Crippen LogP contribution in [0, 0.1) is 0 Å². The van der Waals surface area contributed by atoms with E-state index in [-0.39, 0.29) is 17.7 Å². The van der Waals surface area contributed by atoms with Crippen LogP contribution in [0.5, 0.6) is 17.2 Å². The first-order valence-corrected chi connectivity index (χ1v) is 14.0. The van der Waals surface area contributed by atoms with Gasteiger partial charge in [0, 0.05) is 11.1 Å². The quantitative estimate of drug-likeness (QED) is 0.278. The Morgan fingerprint density at radius 1 is 0.976 bits per heavy atom. The zero-order valence-corrected chi connectivity index (χ0v) is 24.1. The summed E-state index contributed by atoms with van der Waals surface area (Å²) in [5, 5.41) is 0. The van der Waals surface area contributed by atoms with Crippen molar-refractivity contribution in [2.75, 3.05) is 27.4 Å². The van der Waals surface area contributed by atoms with Crippen LogP contribution in [-0.2, 0) is 9.53 Å². The minimum Gasteiger partial charge on any atom is -0.497 e. The van der Waals surface area contributed by atoms with E-state index >= 15 is 0 Å². The van der Waals surface area contributed by atoms with Gasteiger partial charge in [-0.15, -0.1) is 0 Å². The van der Waals surface area contributed by atoms with E-state index in [9.17, 15) is 9.59 Å². The molecule has 0 radical (unpaired) electrons. The normalized spacial score (nSPS) is 14.7. The molecule has 2 heterocycles. The Balaban J connectivity index is 1.83. The lowest BCUT2D eigenvalue weighted by atomic mass is 9.93. The van der Waals surface area contributed by atoms with Crippen LogP contribution in [-0.4, -0.2) is 38.0 Å². The molecule has 5 rings (SSSR count). The highest BCUT2D eigenvalue weighted by Crippen LogP contribution is 2.36. The number of carbonyl (C=O) groups excluding carboxylic acids is 1. The van der Waals surface area contributed by atoms with E-state index in [0.717, 1.165) is 5.56 Å². The zero-order chi connectivity index (χ0) is 28.9. The summed E-state index contributed by atoms with van der Waals surface area (Å²) in [5.74, 6) is 1.18. The van der Waals surface area contributed by atoms with Crippen molar-refractivity contribution in [1.82, 2.24) is 4.57 Å². The van der Waals surface area contributed by atoms with Crippen molar-refractivity contribution in [1.29, 1.82) is 0 Å². The van der Waals surface area contributed by atoms with Crippen LogP contribution < -0.4 is 29.1 Å². The Hall–Kier alpha value is -4.63. The Morgan fingerprint density at radius 2 is 1.76 bits per heavy atom. The second-order valence-corrected chi connectivity index (χ2v) is 10.0. The van der Waals surface area contributed by atoms with E-state index < -0.39 is 12.0 Å². The van der Waals surface area contributed by atoms with Crippen molar-refractivity contribution < 1.29 is 23.7 Å². The molecule has 0 fully saturated rings. The van der Waals surface area contributed by atoms with Crippen molar-refractivity contribution in [3.8, 4) is 17.2 Å². The van der Waals surface area contributed by atoms with Gasteiger partial charge in [0.2, 0.25) is 0 Å². The molecule has 0 bridgehead atoms. The molecular weight excluding hydrogens is 540 g/mol. The predicted molar refractivity (Wildman–Crippen MR) is 158 cm³/mol. The molecule has 1 aliphatic rings. The van der Waals surface area contributed by atoms with Crippen LogP contribution in [0.2, 0.25) is 0 Å². The number of aromatic nitrogens is 1. The molecule has 3 aromatic carbocycles. The molecular formula is C32H30N2O6S. The smallest absolute Gasteiger partial charge is 0.338 e. The number of para-hydroxylation sites is 1. The number of benzene rings is 3. The van der Waals surface area contributed by atoms with E-state index in [1.807, 2.05) is 79.7 Å². The fourth-order valence-corrected chi connectivity index (χ4v) is 5.81. The maximum atomic E-state index is 14.2. The average molecular weight is 571 g/mol. The van der Waals surface area contributed by atoms with Gasteiger partial charge in [0.05, 0.1) is 49.3 Å². The van der Waals surface area contributed by atoms with Crippen molar-refractivity contribution in [2.24, 2.45) is 4.99 Å². The second-order valence-electron chi connectivity index (χ2n) is 9.02. The standard InChI is InChI=1S/C32H30N2O6S/c1-5-39-29-22(15-11-17-24(29)38-4)19-25-30(35)34-28(21-14-10-16-23(18-21)37-3)26(31(36)40-6-2)27(33-32(34)41-25)20-12-8-7-9-13-20/h7-19,28H,5-6H2,1-4H3/t28-/m0/s1. The summed E-state index contributed by atoms with van der Waals surface area (Å²) in [7, 11) is 3.15. The van der Waals surface area contributed by atoms with Crippen molar-refractivity contribution in [2.45, 2.75) is 19.9 Å². The summed E-state index contributed by atoms with van der Waals surface area (Å²) in [6.07, 6.45) is 1.77. The van der Waals surface area contributed by atoms with E-state index in [1.54, 1.807) is 31.8 Å². The Bertz CT molecular complexity index is 1790. The first-order valence-electron chi connectivity index (χ1n) is 13.2. The largest absolute Gasteiger partial charge is 0.497 e. The average Bonchev–Trinajstić information content (AvgIpc) is 3.31. The molecule has 0 spiro atoms. The number of hydrogen-bond donors (Lipinski definition) is 0. The number of nitrogens with zero attached hydrogens (tertiary/aromatic N) is 2. The van der Waals surface area contributed by atoms with E-state index in [0.29, 0.717) is 50.0 Å². The number of fused-ring (bicyclic) bond motifs is 1. The van der Waals surface area contributed by atoms with E-state index in [1.165, 1.54) is 11.3 Å².